The Morgan fingerprint density at radius 2 is 1.68 bits per heavy atom. The highest BCUT2D eigenvalue weighted by Gasteiger charge is 2.18. The minimum Gasteiger partial charge on any atom is -0.391 e. The molecule has 1 atom stereocenters. The number of rotatable bonds is 8. The quantitative estimate of drug-likeness (QED) is 0.758. The molecule has 2 N–H and O–H groups in total. The fourth-order valence-corrected chi connectivity index (χ4v) is 3.44. The molecule has 2 rings (SSSR count). The van der Waals surface area contributed by atoms with Gasteiger partial charge in [-0.15, -0.1) is 0 Å². The van der Waals surface area contributed by atoms with E-state index in [1.54, 1.807) is 0 Å². The lowest BCUT2D eigenvalue weighted by atomic mass is 9.96. The van der Waals surface area contributed by atoms with E-state index in [0.29, 0.717) is 12.1 Å². The van der Waals surface area contributed by atoms with Gasteiger partial charge in [-0.2, -0.15) is 0 Å². The summed E-state index contributed by atoms with van der Waals surface area (Å²) >= 11 is 0. The number of piperazine rings is 1. The zero-order chi connectivity index (χ0) is 18.2. The number of aliphatic hydroxyl groups is 1. The summed E-state index contributed by atoms with van der Waals surface area (Å²) in [5, 5.41) is 13.0. The lowest BCUT2D eigenvalue weighted by Gasteiger charge is -2.35. The van der Waals surface area contributed by atoms with E-state index in [4.69, 9.17) is 0 Å². The van der Waals surface area contributed by atoms with Crippen LogP contribution in [0.2, 0.25) is 0 Å². The zero-order valence-electron chi connectivity index (χ0n) is 15.9. The van der Waals surface area contributed by atoms with Crippen LogP contribution in [0.5, 0.6) is 0 Å². The highest BCUT2D eigenvalue weighted by Crippen LogP contribution is 2.17. The third-order valence-electron chi connectivity index (χ3n) is 5.38. The summed E-state index contributed by atoms with van der Waals surface area (Å²) in [4.78, 5) is 17.1. The molecule has 5 heteroatoms. The molecule has 0 spiro atoms. The van der Waals surface area contributed by atoms with Crippen LogP contribution in [0.15, 0.2) is 24.3 Å². The second-order valence-electron chi connectivity index (χ2n) is 6.82. The molecule has 0 aromatic heterocycles. The zero-order valence-corrected chi connectivity index (χ0v) is 15.9. The monoisotopic (exact) mass is 347 g/mol. The van der Waals surface area contributed by atoms with E-state index >= 15 is 0 Å². The topological polar surface area (TPSA) is 55.8 Å². The van der Waals surface area contributed by atoms with Gasteiger partial charge in [0.15, 0.2) is 0 Å². The van der Waals surface area contributed by atoms with Crippen molar-refractivity contribution in [2.75, 3.05) is 44.2 Å². The normalized spacial score (nSPS) is 16.9. The molecule has 1 saturated heterocycles. The van der Waals surface area contributed by atoms with Crippen LogP contribution < -0.4 is 10.2 Å². The fourth-order valence-electron chi connectivity index (χ4n) is 3.44. The number of benzene rings is 1. The van der Waals surface area contributed by atoms with E-state index in [0.717, 1.165) is 45.6 Å². The SMILES string of the molecule is CCC(CC)C(O)CNC(=O)c1ccc(N2CCN(CC)CC2)cc1. The summed E-state index contributed by atoms with van der Waals surface area (Å²) in [6, 6.07) is 7.79. The molecule has 1 amide bonds. The molecular weight excluding hydrogens is 314 g/mol. The van der Waals surface area contributed by atoms with Crippen molar-refractivity contribution in [3.8, 4) is 0 Å². The van der Waals surface area contributed by atoms with Crippen molar-refractivity contribution >= 4 is 11.6 Å². The first-order valence-corrected chi connectivity index (χ1v) is 9.62. The van der Waals surface area contributed by atoms with Gasteiger partial charge in [-0.05, 0) is 36.7 Å². The second-order valence-corrected chi connectivity index (χ2v) is 6.82. The minimum atomic E-state index is -0.479. The van der Waals surface area contributed by atoms with Crippen molar-refractivity contribution in [1.82, 2.24) is 10.2 Å². The number of hydrogen-bond acceptors (Lipinski definition) is 4. The predicted molar refractivity (Wildman–Crippen MR) is 103 cm³/mol. The van der Waals surface area contributed by atoms with Gasteiger partial charge in [-0.25, -0.2) is 0 Å². The Morgan fingerprint density at radius 3 is 2.20 bits per heavy atom. The summed E-state index contributed by atoms with van der Waals surface area (Å²) in [6.07, 6.45) is 1.37. The third kappa shape index (κ3) is 5.44. The smallest absolute Gasteiger partial charge is 0.251 e. The van der Waals surface area contributed by atoms with Crippen LogP contribution in [0, 0.1) is 5.92 Å². The van der Waals surface area contributed by atoms with E-state index in [-0.39, 0.29) is 11.8 Å². The molecule has 0 saturated carbocycles. The highest BCUT2D eigenvalue weighted by molar-refractivity contribution is 5.94. The number of aliphatic hydroxyl groups excluding tert-OH is 1. The molecule has 1 aliphatic heterocycles. The Balaban J connectivity index is 1.86. The van der Waals surface area contributed by atoms with Crippen molar-refractivity contribution in [2.45, 2.75) is 39.7 Å². The maximum atomic E-state index is 12.3. The first kappa shape index (κ1) is 19.7. The summed E-state index contributed by atoms with van der Waals surface area (Å²) in [5.74, 6) is 0.122. The summed E-state index contributed by atoms with van der Waals surface area (Å²) in [6.45, 7) is 12.0. The van der Waals surface area contributed by atoms with Crippen LogP contribution in [0.3, 0.4) is 0 Å². The van der Waals surface area contributed by atoms with Gasteiger partial charge in [0, 0.05) is 44.0 Å². The van der Waals surface area contributed by atoms with Crippen molar-refractivity contribution in [1.29, 1.82) is 0 Å². The average Bonchev–Trinajstić information content (AvgIpc) is 2.67. The number of hydrogen-bond donors (Lipinski definition) is 2. The van der Waals surface area contributed by atoms with Gasteiger partial charge >= 0.3 is 0 Å². The van der Waals surface area contributed by atoms with Crippen LogP contribution in [-0.2, 0) is 0 Å². The van der Waals surface area contributed by atoms with Crippen molar-refractivity contribution < 1.29 is 9.90 Å². The lowest BCUT2D eigenvalue weighted by molar-refractivity contribution is 0.0816. The maximum absolute atomic E-state index is 12.3. The minimum absolute atomic E-state index is 0.118. The molecule has 1 heterocycles. The molecule has 0 radical (unpaired) electrons. The summed E-state index contributed by atoms with van der Waals surface area (Å²) in [7, 11) is 0. The van der Waals surface area contributed by atoms with Crippen molar-refractivity contribution in [3.05, 3.63) is 29.8 Å². The van der Waals surface area contributed by atoms with Crippen molar-refractivity contribution in [2.24, 2.45) is 5.92 Å². The predicted octanol–water partition coefficient (Wildman–Crippen LogP) is 2.36. The number of carbonyl (C=O) groups excluding carboxylic acids is 1. The number of nitrogens with zero attached hydrogens (tertiary/aromatic N) is 2. The molecule has 1 aromatic carbocycles. The number of carbonyl (C=O) groups is 1. The molecule has 0 bridgehead atoms. The Morgan fingerprint density at radius 1 is 1.08 bits per heavy atom. The summed E-state index contributed by atoms with van der Waals surface area (Å²) < 4.78 is 0. The molecular formula is C20H33N3O2. The largest absolute Gasteiger partial charge is 0.391 e. The van der Waals surface area contributed by atoms with Gasteiger partial charge in [0.25, 0.3) is 5.91 Å². The Kier molecular flexibility index (Phi) is 7.72. The third-order valence-corrected chi connectivity index (χ3v) is 5.38. The van der Waals surface area contributed by atoms with Gasteiger partial charge in [0.05, 0.1) is 6.10 Å². The van der Waals surface area contributed by atoms with Crippen LogP contribution in [0.25, 0.3) is 0 Å². The van der Waals surface area contributed by atoms with Gasteiger partial charge in [-0.1, -0.05) is 33.6 Å². The number of amides is 1. The first-order chi connectivity index (χ1) is 12.1. The number of nitrogens with one attached hydrogen (secondary N) is 1. The van der Waals surface area contributed by atoms with Crippen molar-refractivity contribution in [3.63, 3.8) is 0 Å². The van der Waals surface area contributed by atoms with Crippen LogP contribution in [-0.4, -0.2) is 61.3 Å². The van der Waals surface area contributed by atoms with E-state index in [1.165, 1.54) is 5.69 Å². The van der Waals surface area contributed by atoms with Crippen LogP contribution >= 0.6 is 0 Å². The number of likely N-dealkylation sites (N-methyl/N-ethyl adjacent to an activating group) is 1. The Labute approximate surface area is 152 Å². The lowest BCUT2D eigenvalue weighted by Crippen LogP contribution is -2.46. The standard InChI is InChI=1S/C20H33N3O2/c1-4-16(5-2)19(24)15-21-20(25)17-7-9-18(10-8-17)23-13-11-22(6-3)12-14-23/h7-10,16,19,24H,4-6,11-15H2,1-3H3,(H,21,25). The molecule has 140 valence electrons. The maximum Gasteiger partial charge on any atom is 0.251 e. The van der Waals surface area contributed by atoms with E-state index in [2.05, 4.69) is 35.9 Å². The molecule has 25 heavy (non-hydrogen) atoms. The first-order valence-electron chi connectivity index (χ1n) is 9.62. The molecule has 0 aliphatic carbocycles. The molecule has 5 nitrogen and oxygen atoms in total. The molecule has 1 aliphatic rings. The Bertz CT molecular complexity index is 520. The molecule has 1 unspecified atom stereocenters. The Hall–Kier alpha value is -1.59. The number of anilines is 1. The molecule has 1 aromatic rings. The van der Waals surface area contributed by atoms with Gasteiger partial charge in [0.1, 0.15) is 0 Å². The van der Waals surface area contributed by atoms with E-state index in [9.17, 15) is 9.90 Å². The van der Waals surface area contributed by atoms with Gasteiger partial charge in [0.2, 0.25) is 0 Å². The average molecular weight is 348 g/mol. The highest BCUT2D eigenvalue weighted by atomic mass is 16.3. The van der Waals surface area contributed by atoms with Crippen LogP contribution in [0.4, 0.5) is 5.69 Å². The van der Waals surface area contributed by atoms with Gasteiger partial charge < -0.3 is 20.2 Å². The molecule has 1 fully saturated rings. The van der Waals surface area contributed by atoms with E-state index in [1.807, 2.05) is 24.3 Å². The summed E-state index contributed by atoms with van der Waals surface area (Å²) in [5.41, 5.74) is 1.82. The second kappa shape index (κ2) is 9.78. The fraction of sp³-hybridized carbons (Fsp3) is 0.650. The van der Waals surface area contributed by atoms with E-state index < -0.39 is 6.10 Å². The van der Waals surface area contributed by atoms with Crippen LogP contribution in [0.1, 0.15) is 44.0 Å². The van der Waals surface area contributed by atoms with Gasteiger partial charge in [-0.3, -0.25) is 4.79 Å².